The Labute approximate surface area is 102 Å². The summed E-state index contributed by atoms with van der Waals surface area (Å²) in [6, 6.07) is 0.902. The summed E-state index contributed by atoms with van der Waals surface area (Å²) in [7, 11) is 0. The van der Waals surface area contributed by atoms with Gasteiger partial charge in [0.15, 0.2) is 0 Å². The fraction of sp³-hybridized carbons (Fsp3) is 0.833. The van der Waals surface area contributed by atoms with E-state index in [0.717, 1.165) is 6.04 Å². The second kappa shape index (κ2) is 8.98. The molecule has 5 heteroatoms. The van der Waals surface area contributed by atoms with Crippen molar-refractivity contribution in [1.82, 2.24) is 4.90 Å². The Morgan fingerprint density at radius 2 is 1.76 bits per heavy atom. The van der Waals surface area contributed by atoms with Crippen molar-refractivity contribution < 1.29 is 19.8 Å². The van der Waals surface area contributed by atoms with Crippen LogP contribution in [0.2, 0.25) is 0 Å². The highest BCUT2D eigenvalue weighted by Crippen LogP contribution is 2.18. The molecule has 100 valence electrons. The highest BCUT2D eigenvalue weighted by Gasteiger charge is 2.18. The second-order valence-electron chi connectivity index (χ2n) is 4.15. The third-order valence-corrected chi connectivity index (χ3v) is 2.93. The zero-order chi connectivity index (χ0) is 13.3. The van der Waals surface area contributed by atoms with Gasteiger partial charge in [0, 0.05) is 6.04 Å². The quantitative estimate of drug-likeness (QED) is 0.739. The van der Waals surface area contributed by atoms with E-state index in [9.17, 15) is 9.59 Å². The van der Waals surface area contributed by atoms with Crippen LogP contribution in [0.15, 0.2) is 0 Å². The Bertz CT molecular complexity index is 219. The van der Waals surface area contributed by atoms with Gasteiger partial charge in [0.1, 0.15) is 6.42 Å². The van der Waals surface area contributed by atoms with E-state index < -0.39 is 18.4 Å². The van der Waals surface area contributed by atoms with Crippen molar-refractivity contribution in [1.29, 1.82) is 0 Å². The average molecular weight is 245 g/mol. The predicted octanol–water partition coefficient (Wildman–Crippen LogP) is 1.82. The number of aliphatic carboxylic acids is 2. The van der Waals surface area contributed by atoms with Crippen molar-refractivity contribution in [2.45, 2.75) is 52.0 Å². The Morgan fingerprint density at radius 3 is 2.06 bits per heavy atom. The third-order valence-electron chi connectivity index (χ3n) is 2.93. The molecule has 1 rings (SSSR count). The standard InChI is InChI=1S/C9H19N.C3H4O4/c1-3-9-7-5-6-8-10(9)4-2;4-2(5)1-3(6)7/h9H,3-8H2,1-2H3;1H2,(H,4,5)(H,6,7). The lowest BCUT2D eigenvalue weighted by atomic mass is 10.0. The lowest BCUT2D eigenvalue weighted by Gasteiger charge is -2.34. The molecule has 1 fully saturated rings. The average Bonchev–Trinajstić information content (AvgIpc) is 2.28. The summed E-state index contributed by atoms with van der Waals surface area (Å²) in [6.45, 7) is 7.17. The van der Waals surface area contributed by atoms with Gasteiger partial charge >= 0.3 is 11.9 Å². The van der Waals surface area contributed by atoms with Crippen molar-refractivity contribution >= 4 is 11.9 Å². The van der Waals surface area contributed by atoms with E-state index in [-0.39, 0.29) is 0 Å². The van der Waals surface area contributed by atoms with Gasteiger partial charge in [0.25, 0.3) is 0 Å². The largest absolute Gasteiger partial charge is 0.481 e. The fourth-order valence-corrected chi connectivity index (χ4v) is 2.07. The van der Waals surface area contributed by atoms with Crippen LogP contribution in [0.5, 0.6) is 0 Å². The van der Waals surface area contributed by atoms with E-state index in [2.05, 4.69) is 18.7 Å². The van der Waals surface area contributed by atoms with Crippen LogP contribution in [0.4, 0.5) is 0 Å². The molecule has 0 radical (unpaired) electrons. The molecule has 1 heterocycles. The first kappa shape index (κ1) is 15.9. The summed E-state index contributed by atoms with van der Waals surface area (Å²) >= 11 is 0. The topological polar surface area (TPSA) is 77.8 Å². The Morgan fingerprint density at radius 1 is 1.18 bits per heavy atom. The maximum Gasteiger partial charge on any atom is 0.314 e. The van der Waals surface area contributed by atoms with Crippen LogP contribution in [0, 0.1) is 0 Å². The summed E-state index contributed by atoms with van der Waals surface area (Å²) in [4.78, 5) is 21.5. The molecule has 0 aromatic heterocycles. The summed E-state index contributed by atoms with van der Waals surface area (Å²) in [5, 5.41) is 15.4. The molecule has 1 saturated heterocycles. The molecule has 1 aliphatic rings. The lowest BCUT2D eigenvalue weighted by molar-refractivity contribution is -0.147. The summed E-state index contributed by atoms with van der Waals surface area (Å²) in [6.07, 6.45) is 4.84. The highest BCUT2D eigenvalue weighted by molar-refractivity contribution is 5.88. The minimum Gasteiger partial charge on any atom is -0.481 e. The van der Waals surface area contributed by atoms with Crippen LogP contribution in [0.1, 0.15) is 46.0 Å². The van der Waals surface area contributed by atoms with Crippen LogP contribution < -0.4 is 0 Å². The number of nitrogens with zero attached hydrogens (tertiary/aromatic N) is 1. The maximum absolute atomic E-state index is 9.43. The Kier molecular flexibility index (Phi) is 8.40. The molecular formula is C12H23NO4. The number of rotatable bonds is 4. The first-order valence-electron chi connectivity index (χ1n) is 6.18. The number of carbonyl (C=O) groups is 2. The van der Waals surface area contributed by atoms with Gasteiger partial charge in [-0.3, -0.25) is 9.59 Å². The minimum absolute atomic E-state index is 0.806. The number of carboxylic acid groups (broad SMARTS) is 2. The molecule has 0 spiro atoms. The molecule has 0 aromatic carbocycles. The second-order valence-corrected chi connectivity index (χ2v) is 4.15. The zero-order valence-corrected chi connectivity index (χ0v) is 10.7. The first-order chi connectivity index (χ1) is 8.01. The fourth-order valence-electron chi connectivity index (χ4n) is 2.07. The highest BCUT2D eigenvalue weighted by atomic mass is 16.4. The molecule has 1 aliphatic heterocycles. The van der Waals surface area contributed by atoms with Crippen LogP contribution in [-0.4, -0.2) is 46.2 Å². The summed E-state index contributed by atoms with van der Waals surface area (Å²) in [5.41, 5.74) is 0. The monoisotopic (exact) mass is 245 g/mol. The number of hydrogen-bond acceptors (Lipinski definition) is 3. The van der Waals surface area contributed by atoms with Crippen LogP contribution in [-0.2, 0) is 9.59 Å². The van der Waals surface area contributed by atoms with Gasteiger partial charge in [0.2, 0.25) is 0 Å². The zero-order valence-electron chi connectivity index (χ0n) is 10.7. The molecule has 0 aromatic rings. The third kappa shape index (κ3) is 7.74. The smallest absolute Gasteiger partial charge is 0.314 e. The van der Waals surface area contributed by atoms with E-state index in [1.54, 1.807) is 0 Å². The number of likely N-dealkylation sites (tertiary alicyclic amines) is 1. The molecule has 5 nitrogen and oxygen atoms in total. The van der Waals surface area contributed by atoms with Crippen molar-refractivity contribution in [2.75, 3.05) is 13.1 Å². The molecule has 17 heavy (non-hydrogen) atoms. The molecule has 1 atom stereocenters. The van der Waals surface area contributed by atoms with Crippen LogP contribution in [0.25, 0.3) is 0 Å². The number of carboxylic acids is 2. The Hall–Kier alpha value is -1.10. The van der Waals surface area contributed by atoms with E-state index in [1.807, 2.05) is 0 Å². The van der Waals surface area contributed by atoms with Gasteiger partial charge in [-0.25, -0.2) is 0 Å². The molecule has 0 saturated carbocycles. The molecule has 0 bridgehead atoms. The van der Waals surface area contributed by atoms with E-state index in [1.165, 1.54) is 38.8 Å². The van der Waals surface area contributed by atoms with Crippen molar-refractivity contribution in [3.05, 3.63) is 0 Å². The summed E-state index contributed by atoms with van der Waals surface area (Å²) in [5.74, 6) is -2.62. The molecule has 2 N–H and O–H groups in total. The van der Waals surface area contributed by atoms with Crippen molar-refractivity contribution in [3.63, 3.8) is 0 Å². The number of hydrogen-bond donors (Lipinski definition) is 2. The molecule has 0 amide bonds. The first-order valence-corrected chi connectivity index (χ1v) is 6.18. The number of piperidine rings is 1. The van der Waals surface area contributed by atoms with Gasteiger partial charge in [-0.2, -0.15) is 0 Å². The van der Waals surface area contributed by atoms with Gasteiger partial charge < -0.3 is 15.1 Å². The van der Waals surface area contributed by atoms with Gasteiger partial charge in [0.05, 0.1) is 0 Å². The van der Waals surface area contributed by atoms with Gasteiger partial charge in [-0.05, 0) is 32.4 Å². The Balaban J connectivity index is 0.000000325. The SMILES string of the molecule is CCC1CCCCN1CC.O=C(O)CC(=O)O. The maximum atomic E-state index is 9.43. The minimum atomic E-state index is -1.31. The molecule has 1 unspecified atom stereocenters. The van der Waals surface area contributed by atoms with Gasteiger partial charge in [-0.15, -0.1) is 0 Å². The van der Waals surface area contributed by atoms with Crippen molar-refractivity contribution in [3.8, 4) is 0 Å². The predicted molar refractivity (Wildman–Crippen MR) is 65.1 cm³/mol. The molecule has 0 aliphatic carbocycles. The summed E-state index contributed by atoms with van der Waals surface area (Å²) < 4.78 is 0. The van der Waals surface area contributed by atoms with E-state index in [4.69, 9.17) is 10.2 Å². The van der Waals surface area contributed by atoms with Crippen LogP contribution in [0.3, 0.4) is 0 Å². The normalized spacial score (nSPS) is 20.2. The van der Waals surface area contributed by atoms with Gasteiger partial charge in [-0.1, -0.05) is 20.3 Å². The molecular weight excluding hydrogens is 222 g/mol. The lowest BCUT2D eigenvalue weighted by Crippen LogP contribution is -2.38. The van der Waals surface area contributed by atoms with Crippen LogP contribution >= 0.6 is 0 Å². The van der Waals surface area contributed by atoms with E-state index in [0.29, 0.717) is 0 Å². The van der Waals surface area contributed by atoms with E-state index >= 15 is 0 Å². The van der Waals surface area contributed by atoms with Crippen molar-refractivity contribution in [2.24, 2.45) is 0 Å².